The van der Waals surface area contributed by atoms with Gasteiger partial charge in [0, 0.05) is 6.42 Å². The van der Waals surface area contributed by atoms with Crippen LogP contribution < -0.4 is 0 Å². The molecule has 0 radical (unpaired) electrons. The van der Waals surface area contributed by atoms with E-state index in [2.05, 4.69) is 10.2 Å². The second-order valence-corrected chi connectivity index (χ2v) is 4.05. The lowest BCUT2D eigenvalue weighted by Gasteiger charge is -2.09. The van der Waals surface area contributed by atoms with Gasteiger partial charge in [-0.3, -0.25) is 9.67 Å². The summed E-state index contributed by atoms with van der Waals surface area (Å²) in [4.78, 5) is 0. The minimum atomic E-state index is -0.652. The smallest absolute Gasteiger partial charge is 0.200 e. The highest BCUT2D eigenvalue weighted by Crippen LogP contribution is 2.22. The highest BCUT2D eigenvalue weighted by Gasteiger charge is 2.17. The molecule has 17 heavy (non-hydrogen) atoms. The molecule has 1 heterocycles. The van der Waals surface area contributed by atoms with Gasteiger partial charge in [0.25, 0.3) is 0 Å². The molecule has 0 saturated carbocycles. The van der Waals surface area contributed by atoms with Crippen molar-refractivity contribution in [1.82, 2.24) is 14.8 Å². The Labute approximate surface area is 102 Å². The molecule has 0 aliphatic heterocycles. The zero-order chi connectivity index (χ0) is 12.6. The van der Waals surface area contributed by atoms with Crippen LogP contribution in [0.1, 0.15) is 18.3 Å². The Balaban J connectivity index is 2.81. The maximum Gasteiger partial charge on any atom is 0.200 e. The molecule has 90 valence electrons. The van der Waals surface area contributed by atoms with E-state index >= 15 is 0 Å². The van der Waals surface area contributed by atoms with Crippen LogP contribution in [-0.4, -0.2) is 14.8 Å². The van der Waals surface area contributed by atoms with Gasteiger partial charge in [-0.1, -0.05) is 13.0 Å². The van der Waals surface area contributed by atoms with E-state index in [0.29, 0.717) is 17.8 Å². The fourth-order valence-electron chi connectivity index (χ4n) is 1.64. The highest BCUT2D eigenvalue weighted by atomic mass is 32.1. The van der Waals surface area contributed by atoms with Gasteiger partial charge in [0.1, 0.15) is 17.3 Å². The summed E-state index contributed by atoms with van der Waals surface area (Å²) in [6.45, 7) is 3.42. The minimum absolute atomic E-state index is 0.166. The first-order valence-corrected chi connectivity index (χ1v) is 5.58. The second kappa shape index (κ2) is 4.37. The van der Waals surface area contributed by atoms with Gasteiger partial charge in [-0.25, -0.2) is 8.78 Å². The number of rotatable bonds is 2. The third-order valence-corrected chi connectivity index (χ3v) is 2.82. The third-order valence-electron chi connectivity index (χ3n) is 2.54. The van der Waals surface area contributed by atoms with Crippen molar-refractivity contribution in [1.29, 1.82) is 0 Å². The van der Waals surface area contributed by atoms with Crippen molar-refractivity contribution in [3.8, 4) is 5.69 Å². The number of hydrogen-bond acceptors (Lipinski definition) is 2. The Kier molecular flexibility index (Phi) is 3.06. The van der Waals surface area contributed by atoms with E-state index in [0.717, 1.165) is 0 Å². The zero-order valence-electron chi connectivity index (χ0n) is 9.42. The SMILES string of the molecule is CCc1n[nH]c(=S)n1-c1c(F)ccc(C)c1F. The molecule has 0 aliphatic carbocycles. The molecule has 2 rings (SSSR count). The largest absolute Gasteiger partial charge is 0.266 e. The normalized spacial score (nSPS) is 10.8. The predicted octanol–water partition coefficient (Wildman–Crippen LogP) is 3.08. The molecule has 0 saturated heterocycles. The summed E-state index contributed by atoms with van der Waals surface area (Å²) in [5, 5.41) is 6.48. The van der Waals surface area contributed by atoms with Gasteiger partial charge in [-0.2, -0.15) is 5.10 Å². The zero-order valence-corrected chi connectivity index (χ0v) is 10.2. The van der Waals surface area contributed by atoms with Crippen LogP contribution in [0.2, 0.25) is 0 Å². The Morgan fingerprint density at radius 1 is 1.41 bits per heavy atom. The van der Waals surface area contributed by atoms with Gasteiger partial charge >= 0.3 is 0 Å². The fraction of sp³-hybridized carbons (Fsp3) is 0.273. The van der Waals surface area contributed by atoms with Crippen molar-refractivity contribution < 1.29 is 8.78 Å². The summed E-state index contributed by atoms with van der Waals surface area (Å²) in [6, 6.07) is 2.62. The predicted molar refractivity (Wildman–Crippen MR) is 62.8 cm³/mol. The van der Waals surface area contributed by atoms with Crippen LogP contribution in [0.5, 0.6) is 0 Å². The number of aromatic nitrogens is 3. The molecule has 1 aromatic heterocycles. The first-order valence-electron chi connectivity index (χ1n) is 5.17. The Morgan fingerprint density at radius 3 is 2.76 bits per heavy atom. The molecule has 0 fully saturated rings. The lowest BCUT2D eigenvalue weighted by Crippen LogP contribution is -2.07. The maximum atomic E-state index is 14.0. The van der Waals surface area contributed by atoms with Crippen LogP contribution in [0.4, 0.5) is 8.78 Å². The summed E-state index contributed by atoms with van der Waals surface area (Å²) in [6.07, 6.45) is 0.528. The summed E-state index contributed by atoms with van der Waals surface area (Å²) in [7, 11) is 0. The first kappa shape index (κ1) is 11.9. The van der Waals surface area contributed by atoms with E-state index in [1.54, 1.807) is 6.92 Å². The Hall–Kier alpha value is -1.56. The second-order valence-electron chi connectivity index (χ2n) is 3.66. The van der Waals surface area contributed by atoms with Gasteiger partial charge in [-0.15, -0.1) is 0 Å². The molecule has 0 bridgehead atoms. The topological polar surface area (TPSA) is 33.6 Å². The molecule has 0 spiro atoms. The van der Waals surface area contributed by atoms with Crippen LogP contribution in [0.25, 0.3) is 5.69 Å². The molecule has 6 heteroatoms. The monoisotopic (exact) mass is 255 g/mol. The van der Waals surface area contributed by atoms with Crippen molar-refractivity contribution in [2.45, 2.75) is 20.3 Å². The third kappa shape index (κ3) is 1.88. The molecule has 0 unspecified atom stereocenters. The van der Waals surface area contributed by atoms with Crippen LogP contribution in [0.15, 0.2) is 12.1 Å². The molecule has 0 amide bonds. The van der Waals surface area contributed by atoms with E-state index in [1.165, 1.54) is 16.7 Å². The number of hydrogen-bond donors (Lipinski definition) is 1. The average Bonchev–Trinajstić information content (AvgIpc) is 2.67. The van der Waals surface area contributed by atoms with E-state index in [9.17, 15) is 8.78 Å². The summed E-state index contributed by atoms with van der Waals surface area (Å²) < 4.78 is 29.2. The summed E-state index contributed by atoms with van der Waals surface area (Å²) >= 11 is 5.00. The van der Waals surface area contributed by atoms with E-state index in [4.69, 9.17) is 12.2 Å². The lowest BCUT2D eigenvalue weighted by atomic mass is 10.2. The molecule has 2 aromatic rings. The van der Waals surface area contributed by atoms with E-state index in [-0.39, 0.29) is 10.5 Å². The van der Waals surface area contributed by atoms with Crippen LogP contribution in [0.3, 0.4) is 0 Å². The standard InChI is InChI=1S/C11H11F2N3S/c1-3-8-14-15-11(17)16(8)10-7(12)5-4-6(2)9(10)13/h4-5H,3H2,1-2H3,(H,15,17). The van der Waals surface area contributed by atoms with Crippen molar-refractivity contribution in [3.63, 3.8) is 0 Å². The number of halogens is 2. The maximum absolute atomic E-state index is 14.0. The molecular weight excluding hydrogens is 244 g/mol. The van der Waals surface area contributed by atoms with E-state index in [1.807, 2.05) is 6.92 Å². The van der Waals surface area contributed by atoms with Gasteiger partial charge in [0.2, 0.25) is 0 Å². The average molecular weight is 255 g/mol. The fourth-order valence-corrected chi connectivity index (χ4v) is 1.89. The van der Waals surface area contributed by atoms with Gasteiger partial charge in [0.05, 0.1) is 0 Å². The lowest BCUT2D eigenvalue weighted by molar-refractivity contribution is 0.559. The number of nitrogens with one attached hydrogen (secondary N) is 1. The van der Waals surface area contributed by atoms with Crippen molar-refractivity contribution in [2.24, 2.45) is 0 Å². The molecule has 1 aromatic carbocycles. The number of aryl methyl sites for hydroxylation is 2. The number of benzene rings is 1. The van der Waals surface area contributed by atoms with Crippen LogP contribution in [0, 0.1) is 23.3 Å². The molecule has 0 aliphatic rings. The van der Waals surface area contributed by atoms with Gasteiger partial charge in [-0.05, 0) is 30.8 Å². The van der Waals surface area contributed by atoms with Crippen molar-refractivity contribution in [3.05, 3.63) is 39.9 Å². The number of H-pyrrole nitrogens is 1. The Morgan fingerprint density at radius 2 is 2.12 bits per heavy atom. The molecule has 3 nitrogen and oxygen atoms in total. The van der Waals surface area contributed by atoms with Crippen molar-refractivity contribution >= 4 is 12.2 Å². The number of aromatic amines is 1. The minimum Gasteiger partial charge on any atom is -0.266 e. The van der Waals surface area contributed by atoms with Gasteiger partial charge in [0.15, 0.2) is 10.6 Å². The Bertz CT molecular complexity index is 616. The first-order chi connectivity index (χ1) is 8.06. The molecular formula is C11H11F2N3S. The quantitative estimate of drug-likeness (QED) is 0.837. The van der Waals surface area contributed by atoms with Crippen LogP contribution in [-0.2, 0) is 6.42 Å². The highest BCUT2D eigenvalue weighted by molar-refractivity contribution is 7.71. The van der Waals surface area contributed by atoms with Crippen molar-refractivity contribution in [2.75, 3.05) is 0 Å². The number of nitrogens with zero attached hydrogens (tertiary/aromatic N) is 2. The molecule has 0 atom stereocenters. The van der Waals surface area contributed by atoms with E-state index < -0.39 is 11.6 Å². The molecule has 1 N–H and O–H groups in total. The van der Waals surface area contributed by atoms with Gasteiger partial charge < -0.3 is 0 Å². The summed E-state index contributed by atoms with van der Waals surface area (Å²) in [5.74, 6) is -0.768. The summed E-state index contributed by atoms with van der Waals surface area (Å²) in [5.41, 5.74) is 0.201. The van der Waals surface area contributed by atoms with Crippen LogP contribution >= 0.6 is 12.2 Å².